The molecule has 5 heteroatoms. The third kappa shape index (κ3) is 4.78. The minimum absolute atomic E-state index is 0.339. The lowest BCUT2D eigenvalue weighted by molar-refractivity contribution is -0.148. The summed E-state index contributed by atoms with van der Waals surface area (Å²) in [5.41, 5.74) is 7.25. The van der Waals surface area contributed by atoms with Crippen molar-refractivity contribution >= 4 is 23.6 Å². The molecule has 0 saturated heterocycles. The van der Waals surface area contributed by atoms with Crippen LogP contribution < -0.4 is 5.32 Å². The van der Waals surface area contributed by atoms with Gasteiger partial charge >= 0.3 is 5.97 Å². The number of hydrogen-bond donors (Lipinski definition) is 1. The van der Waals surface area contributed by atoms with E-state index in [-0.39, 0.29) is 5.91 Å². The standard InChI is InChI=1S/C24H30N2O3/c1-14-11-15(2)23(16(3)12-14)25-24(28)19(6)29-22(27)10-7-20-13-17(4)26(18(20)5)21-8-9-21/h7,10-13,19,21H,8-9H2,1-6H3,(H,25,28)/b10-7+/t19-/m0/s1. The number of hydrogen-bond acceptors (Lipinski definition) is 3. The van der Waals surface area contributed by atoms with Gasteiger partial charge in [-0.25, -0.2) is 4.79 Å². The highest BCUT2D eigenvalue weighted by Gasteiger charge is 2.26. The predicted octanol–water partition coefficient (Wildman–Crippen LogP) is 4.95. The molecule has 1 N–H and O–H groups in total. The highest BCUT2D eigenvalue weighted by molar-refractivity contribution is 5.97. The Morgan fingerprint density at radius 2 is 1.72 bits per heavy atom. The van der Waals surface area contributed by atoms with Crippen LogP contribution in [-0.4, -0.2) is 22.5 Å². The van der Waals surface area contributed by atoms with Gasteiger partial charge in [-0.05, 0) is 83.2 Å². The summed E-state index contributed by atoms with van der Waals surface area (Å²) in [5, 5.41) is 2.88. The van der Waals surface area contributed by atoms with Crippen molar-refractivity contribution in [2.45, 2.75) is 66.5 Å². The molecule has 0 unspecified atom stereocenters. The van der Waals surface area contributed by atoms with Gasteiger partial charge in [0.25, 0.3) is 5.91 Å². The van der Waals surface area contributed by atoms with Crippen LogP contribution in [-0.2, 0) is 14.3 Å². The lowest BCUT2D eigenvalue weighted by atomic mass is 10.0. The Bertz CT molecular complexity index is 957. The Kier molecular flexibility index (Phi) is 5.96. The van der Waals surface area contributed by atoms with Crippen LogP contribution >= 0.6 is 0 Å². The molecule has 1 aromatic carbocycles. The van der Waals surface area contributed by atoms with E-state index < -0.39 is 12.1 Å². The fourth-order valence-electron chi connectivity index (χ4n) is 3.89. The largest absolute Gasteiger partial charge is 0.449 e. The van der Waals surface area contributed by atoms with Crippen LogP contribution in [0.4, 0.5) is 5.69 Å². The van der Waals surface area contributed by atoms with E-state index in [9.17, 15) is 9.59 Å². The van der Waals surface area contributed by atoms with Gasteiger partial charge in [0.2, 0.25) is 0 Å². The van der Waals surface area contributed by atoms with Gasteiger partial charge in [-0.1, -0.05) is 17.7 Å². The molecule has 1 heterocycles. The number of aromatic nitrogens is 1. The molecule has 1 aliphatic rings. The van der Waals surface area contributed by atoms with Crippen molar-refractivity contribution in [3.05, 3.63) is 57.9 Å². The molecule has 1 amide bonds. The molecule has 3 rings (SSSR count). The molecule has 1 fully saturated rings. The fraction of sp³-hybridized carbons (Fsp3) is 0.417. The number of ether oxygens (including phenoxy) is 1. The van der Waals surface area contributed by atoms with E-state index in [1.165, 1.54) is 24.6 Å². The maximum absolute atomic E-state index is 12.5. The zero-order valence-corrected chi connectivity index (χ0v) is 18.1. The van der Waals surface area contributed by atoms with Crippen LogP contribution in [0.2, 0.25) is 0 Å². The van der Waals surface area contributed by atoms with E-state index in [0.717, 1.165) is 33.6 Å². The molecule has 154 valence electrons. The number of amides is 1. The van der Waals surface area contributed by atoms with E-state index in [1.807, 2.05) is 32.9 Å². The number of anilines is 1. The number of carbonyl (C=O) groups excluding carboxylic acids is 2. The second-order valence-corrected chi connectivity index (χ2v) is 8.10. The summed E-state index contributed by atoms with van der Waals surface area (Å²) in [6.07, 6.45) is 4.71. The van der Waals surface area contributed by atoms with Crippen molar-refractivity contribution in [1.82, 2.24) is 4.57 Å². The summed E-state index contributed by atoms with van der Waals surface area (Å²) in [4.78, 5) is 24.7. The van der Waals surface area contributed by atoms with Crippen LogP contribution in [0, 0.1) is 34.6 Å². The summed E-state index contributed by atoms with van der Waals surface area (Å²) >= 11 is 0. The highest BCUT2D eigenvalue weighted by Crippen LogP contribution is 2.38. The van der Waals surface area contributed by atoms with E-state index in [4.69, 9.17) is 4.74 Å². The summed E-state index contributed by atoms with van der Waals surface area (Å²) in [6, 6.07) is 6.71. The lowest BCUT2D eigenvalue weighted by Gasteiger charge is -2.16. The molecule has 1 saturated carbocycles. The normalized spacial score (nSPS) is 14.8. The predicted molar refractivity (Wildman–Crippen MR) is 116 cm³/mol. The quantitative estimate of drug-likeness (QED) is 0.557. The van der Waals surface area contributed by atoms with E-state index in [2.05, 4.69) is 29.8 Å². The summed E-state index contributed by atoms with van der Waals surface area (Å²) in [5.74, 6) is -0.866. The van der Waals surface area contributed by atoms with E-state index in [0.29, 0.717) is 6.04 Å². The minimum atomic E-state index is -0.883. The molecule has 0 bridgehead atoms. The van der Waals surface area contributed by atoms with Gasteiger partial charge in [0, 0.05) is 29.2 Å². The summed E-state index contributed by atoms with van der Waals surface area (Å²) in [6.45, 7) is 11.7. The molecule has 1 aromatic heterocycles. The molecule has 2 aromatic rings. The van der Waals surface area contributed by atoms with Crippen LogP contribution in [0.1, 0.15) is 59.4 Å². The first-order chi connectivity index (χ1) is 13.7. The number of benzene rings is 1. The van der Waals surface area contributed by atoms with Gasteiger partial charge in [0.1, 0.15) is 0 Å². The summed E-state index contributed by atoms with van der Waals surface area (Å²) in [7, 11) is 0. The molecule has 1 atom stereocenters. The average molecular weight is 395 g/mol. The fourth-order valence-corrected chi connectivity index (χ4v) is 3.89. The number of rotatable bonds is 6. The number of carbonyl (C=O) groups is 2. The number of nitrogens with zero attached hydrogens (tertiary/aromatic N) is 1. The van der Waals surface area contributed by atoms with Crippen LogP contribution in [0.3, 0.4) is 0 Å². The van der Waals surface area contributed by atoms with Gasteiger partial charge in [-0.2, -0.15) is 0 Å². The Balaban J connectivity index is 1.61. The van der Waals surface area contributed by atoms with Crippen LogP contribution in [0.5, 0.6) is 0 Å². The third-order valence-electron chi connectivity index (χ3n) is 5.42. The Morgan fingerprint density at radius 3 is 2.31 bits per heavy atom. The van der Waals surface area contributed by atoms with E-state index in [1.54, 1.807) is 13.0 Å². The van der Waals surface area contributed by atoms with Gasteiger partial charge in [0.15, 0.2) is 6.10 Å². The minimum Gasteiger partial charge on any atom is -0.449 e. The van der Waals surface area contributed by atoms with Gasteiger partial charge in [-0.3, -0.25) is 4.79 Å². The molecule has 0 spiro atoms. The second-order valence-electron chi connectivity index (χ2n) is 8.10. The van der Waals surface area contributed by atoms with E-state index >= 15 is 0 Å². The van der Waals surface area contributed by atoms with Crippen LogP contribution in [0.15, 0.2) is 24.3 Å². The maximum Gasteiger partial charge on any atom is 0.331 e. The Hall–Kier alpha value is -2.82. The average Bonchev–Trinajstić information content (AvgIpc) is 3.41. The van der Waals surface area contributed by atoms with Crippen molar-refractivity contribution in [1.29, 1.82) is 0 Å². The first kappa shape index (κ1) is 20.9. The monoisotopic (exact) mass is 394 g/mol. The number of nitrogens with one attached hydrogen (secondary N) is 1. The first-order valence-corrected chi connectivity index (χ1v) is 10.1. The smallest absolute Gasteiger partial charge is 0.331 e. The third-order valence-corrected chi connectivity index (χ3v) is 5.42. The zero-order chi connectivity index (χ0) is 21.3. The van der Waals surface area contributed by atoms with Gasteiger partial charge in [0.05, 0.1) is 0 Å². The Morgan fingerprint density at radius 1 is 1.10 bits per heavy atom. The maximum atomic E-state index is 12.5. The zero-order valence-electron chi connectivity index (χ0n) is 18.1. The topological polar surface area (TPSA) is 60.3 Å². The molecule has 0 aliphatic heterocycles. The molecular weight excluding hydrogens is 364 g/mol. The van der Waals surface area contributed by atoms with Crippen molar-refractivity contribution in [3.8, 4) is 0 Å². The van der Waals surface area contributed by atoms with Crippen molar-refractivity contribution < 1.29 is 14.3 Å². The molecule has 29 heavy (non-hydrogen) atoms. The van der Waals surface area contributed by atoms with Crippen molar-refractivity contribution in [3.63, 3.8) is 0 Å². The van der Waals surface area contributed by atoms with Crippen molar-refractivity contribution in [2.75, 3.05) is 5.32 Å². The van der Waals surface area contributed by atoms with Crippen LogP contribution in [0.25, 0.3) is 6.08 Å². The first-order valence-electron chi connectivity index (χ1n) is 10.1. The SMILES string of the molecule is Cc1cc(C)c(NC(=O)[C@H](C)OC(=O)/C=C/c2cc(C)n(C3CC3)c2C)c(C)c1. The second kappa shape index (κ2) is 8.27. The highest BCUT2D eigenvalue weighted by atomic mass is 16.5. The Labute approximate surface area is 172 Å². The molecular formula is C24H30N2O3. The van der Waals surface area contributed by atoms with Gasteiger partial charge in [-0.15, -0.1) is 0 Å². The number of aryl methyl sites for hydroxylation is 4. The molecule has 0 radical (unpaired) electrons. The summed E-state index contributed by atoms with van der Waals surface area (Å²) < 4.78 is 7.63. The van der Waals surface area contributed by atoms with Crippen molar-refractivity contribution in [2.24, 2.45) is 0 Å². The molecule has 5 nitrogen and oxygen atoms in total. The van der Waals surface area contributed by atoms with Gasteiger partial charge < -0.3 is 14.6 Å². The molecule has 1 aliphatic carbocycles. The lowest BCUT2D eigenvalue weighted by Crippen LogP contribution is -2.30. The number of esters is 1.